The van der Waals surface area contributed by atoms with Crippen LogP contribution in [0.25, 0.3) is 0 Å². The number of hydrogen-bond acceptors (Lipinski definition) is 3. The van der Waals surface area contributed by atoms with E-state index in [0.717, 1.165) is 18.7 Å². The molecule has 0 aromatic carbocycles. The minimum Gasteiger partial charge on any atom is -0.468 e. The van der Waals surface area contributed by atoms with E-state index in [1.807, 2.05) is 12.1 Å². The molecule has 2 rings (SSSR count). The summed E-state index contributed by atoms with van der Waals surface area (Å²) in [5.41, 5.74) is 0. The van der Waals surface area contributed by atoms with Gasteiger partial charge in [0.1, 0.15) is 5.76 Å². The van der Waals surface area contributed by atoms with E-state index in [1.54, 1.807) is 6.26 Å². The molecule has 3 heteroatoms. The van der Waals surface area contributed by atoms with Crippen LogP contribution < -0.4 is 0 Å². The average molecular weight is 195 g/mol. The number of nitrogens with zero attached hydrogens (tertiary/aromatic N) is 1. The molecule has 0 aliphatic carbocycles. The fourth-order valence-electron chi connectivity index (χ4n) is 2.26. The van der Waals surface area contributed by atoms with Crippen LogP contribution in [0.2, 0.25) is 0 Å². The van der Waals surface area contributed by atoms with Crippen LogP contribution in [0.4, 0.5) is 0 Å². The largest absolute Gasteiger partial charge is 0.468 e. The van der Waals surface area contributed by atoms with E-state index in [4.69, 9.17) is 4.42 Å². The fourth-order valence-corrected chi connectivity index (χ4v) is 2.26. The molecule has 1 aliphatic rings. The van der Waals surface area contributed by atoms with Crippen LogP contribution >= 0.6 is 0 Å². The Bertz CT molecular complexity index is 271. The lowest BCUT2D eigenvalue weighted by Gasteiger charge is -2.27. The Hall–Kier alpha value is -0.800. The topological polar surface area (TPSA) is 36.6 Å². The van der Waals surface area contributed by atoms with Gasteiger partial charge in [-0.05, 0) is 38.4 Å². The van der Waals surface area contributed by atoms with Crippen LogP contribution in [0.15, 0.2) is 22.8 Å². The smallest absolute Gasteiger partial charge is 0.120 e. The van der Waals surface area contributed by atoms with Gasteiger partial charge < -0.3 is 9.52 Å². The molecule has 0 unspecified atom stereocenters. The van der Waals surface area contributed by atoms with Crippen molar-refractivity contribution in [2.75, 3.05) is 13.2 Å². The highest BCUT2D eigenvalue weighted by Crippen LogP contribution is 2.28. The number of furan rings is 1. The predicted octanol–water partition coefficient (Wildman–Crippen LogP) is 1.80. The molecule has 2 atom stereocenters. The van der Waals surface area contributed by atoms with E-state index in [2.05, 4.69) is 11.8 Å². The first-order valence-corrected chi connectivity index (χ1v) is 5.23. The molecule has 2 heterocycles. The molecule has 0 radical (unpaired) electrons. The lowest BCUT2D eigenvalue weighted by molar-refractivity contribution is 0.116. The molecule has 1 N–H and O–H groups in total. The molecule has 1 fully saturated rings. The number of aliphatic hydroxyl groups is 1. The van der Waals surface area contributed by atoms with Crippen molar-refractivity contribution in [2.45, 2.75) is 31.8 Å². The Balaban J connectivity index is 2.07. The van der Waals surface area contributed by atoms with Gasteiger partial charge in [-0.25, -0.2) is 0 Å². The molecule has 14 heavy (non-hydrogen) atoms. The summed E-state index contributed by atoms with van der Waals surface area (Å²) < 4.78 is 5.38. The quantitative estimate of drug-likeness (QED) is 0.799. The van der Waals surface area contributed by atoms with Gasteiger partial charge in [-0.15, -0.1) is 0 Å². The maximum absolute atomic E-state index is 9.21. The van der Waals surface area contributed by atoms with E-state index < -0.39 is 0 Å². The van der Waals surface area contributed by atoms with Gasteiger partial charge in [-0.1, -0.05) is 0 Å². The van der Waals surface area contributed by atoms with Crippen molar-refractivity contribution in [1.82, 2.24) is 4.90 Å². The summed E-state index contributed by atoms with van der Waals surface area (Å²) in [6.45, 7) is 3.45. The zero-order valence-electron chi connectivity index (χ0n) is 8.52. The van der Waals surface area contributed by atoms with Gasteiger partial charge >= 0.3 is 0 Å². The minimum atomic E-state index is 0.255. The first-order valence-electron chi connectivity index (χ1n) is 5.23. The molecule has 78 valence electrons. The van der Waals surface area contributed by atoms with Gasteiger partial charge in [0.25, 0.3) is 0 Å². The molecule has 1 aromatic rings. The lowest BCUT2D eigenvalue weighted by atomic mass is 10.2. The molecule has 0 saturated carbocycles. The van der Waals surface area contributed by atoms with E-state index in [1.165, 1.54) is 6.42 Å². The Morgan fingerprint density at radius 1 is 1.71 bits per heavy atom. The minimum absolute atomic E-state index is 0.255. The third kappa shape index (κ3) is 1.70. The van der Waals surface area contributed by atoms with Gasteiger partial charge in [0.2, 0.25) is 0 Å². The van der Waals surface area contributed by atoms with Crippen molar-refractivity contribution in [2.24, 2.45) is 0 Å². The fraction of sp³-hybridized carbons (Fsp3) is 0.636. The SMILES string of the molecule is C[C@@H](c1ccco1)N1CCC[C@H]1CO. The average Bonchev–Trinajstić information content (AvgIpc) is 2.87. The first kappa shape index (κ1) is 9.74. The van der Waals surface area contributed by atoms with Crippen LogP contribution in [0.3, 0.4) is 0 Å². The second kappa shape index (κ2) is 4.15. The van der Waals surface area contributed by atoms with Gasteiger partial charge in [-0.2, -0.15) is 0 Å². The standard InChI is InChI=1S/C11H17NO2/c1-9(11-5-3-7-14-11)12-6-2-4-10(12)8-13/h3,5,7,9-10,13H,2,4,6,8H2,1H3/t9-,10-/m0/s1. The molecule has 0 bridgehead atoms. The Morgan fingerprint density at radius 3 is 3.21 bits per heavy atom. The van der Waals surface area contributed by atoms with Crippen molar-refractivity contribution in [3.63, 3.8) is 0 Å². The summed E-state index contributed by atoms with van der Waals surface area (Å²) in [6.07, 6.45) is 3.98. The molecule has 3 nitrogen and oxygen atoms in total. The Labute approximate surface area is 84.3 Å². The predicted molar refractivity (Wildman–Crippen MR) is 53.9 cm³/mol. The summed E-state index contributed by atoms with van der Waals surface area (Å²) in [7, 11) is 0. The van der Waals surface area contributed by atoms with Crippen molar-refractivity contribution >= 4 is 0 Å². The number of rotatable bonds is 3. The third-order valence-electron chi connectivity index (χ3n) is 3.09. The van der Waals surface area contributed by atoms with Crippen LogP contribution in [0.5, 0.6) is 0 Å². The lowest BCUT2D eigenvalue weighted by Crippen LogP contribution is -2.34. The molecule has 0 spiro atoms. The number of aliphatic hydroxyl groups excluding tert-OH is 1. The van der Waals surface area contributed by atoms with Gasteiger partial charge in [-0.3, -0.25) is 4.90 Å². The first-order chi connectivity index (χ1) is 6.83. The van der Waals surface area contributed by atoms with Crippen molar-refractivity contribution in [1.29, 1.82) is 0 Å². The Kier molecular flexibility index (Phi) is 2.89. The van der Waals surface area contributed by atoms with E-state index in [0.29, 0.717) is 6.04 Å². The van der Waals surface area contributed by atoms with Crippen molar-refractivity contribution in [3.05, 3.63) is 24.2 Å². The maximum Gasteiger partial charge on any atom is 0.120 e. The molecular weight excluding hydrogens is 178 g/mol. The summed E-state index contributed by atoms with van der Waals surface area (Å²) in [6, 6.07) is 4.51. The van der Waals surface area contributed by atoms with Gasteiger partial charge in [0, 0.05) is 6.04 Å². The molecule has 1 aliphatic heterocycles. The second-order valence-electron chi connectivity index (χ2n) is 3.91. The normalized spacial score (nSPS) is 25.4. The van der Waals surface area contributed by atoms with Crippen LogP contribution in [-0.2, 0) is 0 Å². The zero-order valence-corrected chi connectivity index (χ0v) is 8.52. The van der Waals surface area contributed by atoms with Crippen molar-refractivity contribution < 1.29 is 9.52 Å². The summed E-state index contributed by atoms with van der Waals surface area (Å²) >= 11 is 0. The van der Waals surface area contributed by atoms with Crippen molar-refractivity contribution in [3.8, 4) is 0 Å². The van der Waals surface area contributed by atoms with Crippen LogP contribution in [0.1, 0.15) is 31.6 Å². The van der Waals surface area contributed by atoms with E-state index in [9.17, 15) is 5.11 Å². The summed E-state index contributed by atoms with van der Waals surface area (Å²) in [4.78, 5) is 2.32. The highest BCUT2D eigenvalue weighted by Gasteiger charge is 2.29. The molecule has 0 amide bonds. The summed E-state index contributed by atoms with van der Waals surface area (Å²) in [5, 5.41) is 9.21. The monoisotopic (exact) mass is 195 g/mol. The highest BCUT2D eigenvalue weighted by atomic mass is 16.3. The van der Waals surface area contributed by atoms with Gasteiger partial charge in [0.15, 0.2) is 0 Å². The van der Waals surface area contributed by atoms with E-state index >= 15 is 0 Å². The second-order valence-corrected chi connectivity index (χ2v) is 3.91. The maximum atomic E-state index is 9.21. The summed E-state index contributed by atoms with van der Waals surface area (Å²) in [5.74, 6) is 0.991. The van der Waals surface area contributed by atoms with E-state index in [-0.39, 0.29) is 12.6 Å². The van der Waals surface area contributed by atoms with Crippen LogP contribution in [0, 0.1) is 0 Å². The highest BCUT2D eigenvalue weighted by molar-refractivity contribution is 5.05. The number of hydrogen-bond donors (Lipinski definition) is 1. The Morgan fingerprint density at radius 2 is 2.57 bits per heavy atom. The van der Waals surface area contributed by atoms with Gasteiger partial charge in [0.05, 0.1) is 18.9 Å². The molecular formula is C11H17NO2. The third-order valence-corrected chi connectivity index (χ3v) is 3.09. The molecule has 1 saturated heterocycles. The zero-order chi connectivity index (χ0) is 9.97. The molecule has 1 aromatic heterocycles. The van der Waals surface area contributed by atoms with Crippen LogP contribution in [-0.4, -0.2) is 29.2 Å². The number of likely N-dealkylation sites (tertiary alicyclic amines) is 1.